The summed E-state index contributed by atoms with van der Waals surface area (Å²) in [6.07, 6.45) is 5.47. The Morgan fingerprint density at radius 2 is 1.79 bits per heavy atom. The predicted octanol–water partition coefficient (Wildman–Crippen LogP) is 2.90. The summed E-state index contributed by atoms with van der Waals surface area (Å²) in [5.41, 5.74) is 1.32. The third-order valence-electron chi connectivity index (χ3n) is 5.44. The maximum atomic E-state index is 12.5. The lowest BCUT2D eigenvalue weighted by Gasteiger charge is -2.32. The van der Waals surface area contributed by atoms with Crippen LogP contribution >= 0.6 is 0 Å². The largest absolute Gasteiger partial charge is 0.481 e. The van der Waals surface area contributed by atoms with Gasteiger partial charge in [0, 0.05) is 19.1 Å². The first-order chi connectivity index (χ1) is 11.6. The lowest BCUT2D eigenvalue weighted by atomic mass is 9.94. The normalized spacial score (nSPS) is 24.8. The molecule has 1 aliphatic carbocycles. The first kappa shape index (κ1) is 16.8. The molecule has 130 valence electrons. The summed E-state index contributed by atoms with van der Waals surface area (Å²) in [7, 11) is 0. The number of hydrogen-bond donors (Lipinski definition) is 2. The van der Waals surface area contributed by atoms with Crippen molar-refractivity contribution in [3.05, 3.63) is 35.9 Å². The fourth-order valence-corrected chi connectivity index (χ4v) is 3.97. The minimum atomic E-state index is -0.742. The average Bonchev–Trinajstić information content (AvgIpc) is 3.02. The Morgan fingerprint density at radius 3 is 2.46 bits per heavy atom. The van der Waals surface area contributed by atoms with Gasteiger partial charge in [-0.3, -0.25) is 4.79 Å². The third kappa shape index (κ3) is 4.08. The van der Waals surface area contributed by atoms with Crippen LogP contribution in [0.15, 0.2) is 30.3 Å². The lowest BCUT2D eigenvalue weighted by Crippen LogP contribution is -2.49. The number of carbonyl (C=O) groups is 2. The van der Waals surface area contributed by atoms with Gasteiger partial charge in [0.25, 0.3) is 0 Å². The summed E-state index contributed by atoms with van der Waals surface area (Å²) < 4.78 is 0. The number of nitrogens with one attached hydrogen (secondary N) is 1. The molecular formula is C19H26N2O3. The van der Waals surface area contributed by atoms with E-state index in [9.17, 15) is 9.59 Å². The molecule has 1 saturated carbocycles. The van der Waals surface area contributed by atoms with Crippen LogP contribution in [0.25, 0.3) is 0 Å². The molecule has 1 aliphatic heterocycles. The van der Waals surface area contributed by atoms with E-state index in [1.807, 2.05) is 6.07 Å². The van der Waals surface area contributed by atoms with E-state index >= 15 is 0 Å². The van der Waals surface area contributed by atoms with Crippen molar-refractivity contribution in [1.29, 1.82) is 0 Å². The lowest BCUT2D eigenvalue weighted by molar-refractivity contribution is -0.143. The first-order valence-electron chi connectivity index (χ1n) is 8.95. The first-order valence-corrected chi connectivity index (χ1v) is 8.95. The Hall–Kier alpha value is -2.04. The van der Waals surface area contributed by atoms with Crippen molar-refractivity contribution in [2.75, 3.05) is 13.1 Å². The number of rotatable bonds is 4. The second-order valence-corrected chi connectivity index (χ2v) is 7.04. The van der Waals surface area contributed by atoms with Crippen molar-refractivity contribution in [2.24, 2.45) is 11.8 Å². The van der Waals surface area contributed by atoms with E-state index in [1.165, 1.54) is 5.56 Å². The number of amides is 2. The number of aliphatic carboxylic acids is 1. The van der Waals surface area contributed by atoms with Crippen molar-refractivity contribution in [2.45, 2.75) is 44.6 Å². The number of carbonyl (C=O) groups excluding carboxylic acids is 1. The fraction of sp³-hybridized carbons (Fsp3) is 0.579. The molecule has 2 fully saturated rings. The highest BCUT2D eigenvalue weighted by Gasteiger charge is 2.32. The maximum absolute atomic E-state index is 12.5. The molecule has 2 aliphatic rings. The van der Waals surface area contributed by atoms with Crippen LogP contribution in [0.1, 0.15) is 37.7 Å². The molecule has 1 aromatic carbocycles. The van der Waals surface area contributed by atoms with Crippen LogP contribution in [-0.4, -0.2) is 41.1 Å². The monoisotopic (exact) mass is 330 g/mol. The third-order valence-corrected chi connectivity index (χ3v) is 5.44. The number of carboxylic acid groups (broad SMARTS) is 1. The van der Waals surface area contributed by atoms with Crippen molar-refractivity contribution in [3.63, 3.8) is 0 Å². The number of carboxylic acids is 1. The smallest absolute Gasteiger partial charge is 0.317 e. The van der Waals surface area contributed by atoms with Crippen LogP contribution in [-0.2, 0) is 11.2 Å². The van der Waals surface area contributed by atoms with E-state index in [1.54, 1.807) is 4.90 Å². The van der Waals surface area contributed by atoms with Crippen molar-refractivity contribution in [1.82, 2.24) is 10.2 Å². The zero-order valence-corrected chi connectivity index (χ0v) is 14.0. The van der Waals surface area contributed by atoms with E-state index < -0.39 is 5.97 Å². The summed E-state index contributed by atoms with van der Waals surface area (Å²) >= 11 is 0. The molecular weight excluding hydrogens is 304 g/mol. The number of piperidine rings is 1. The zero-order chi connectivity index (χ0) is 16.9. The highest BCUT2D eigenvalue weighted by Crippen LogP contribution is 2.29. The Morgan fingerprint density at radius 1 is 1.08 bits per heavy atom. The van der Waals surface area contributed by atoms with Gasteiger partial charge >= 0.3 is 12.0 Å². The quantitative estimate of drug-likeness (QED) is 0.892. The Bertz CT molecular complexity index is 567. The number of urea groups is 1. The molecule has 5 heteroatoms. The molecule has 0 spiro atoms. The summed E-state index contributed by atoms with van der Waals surface area (Å²) in [5.74, 6) is -0.548. The van der Waals surface area contributed by atoms with Gasteiger partial charge < -0.3 is 15.3 Å². The van der Waals surface area contributed by atoms with E-state index in [-0.39, 0.29) is 18.0 Å². The van der Waals surface area contributed by atoms with Gasteiger partial charge in [0.1, 0.15) is 0 Å². The van der Waals surface area contributed by atoms with E-state index in [0.717, 1.165) is 25.7 Å². The van der Waals surface area contributed by atoms with Crippen LogP contribution < -0.4 is 5.32 Å². The van der Waals surface area contributed by atoms with Crippen LogP contribution in [0.5, 0.6) is 0 Å². The molecule has 0 radical (unpaired) electrons. The van der Waals surface area contributed by atoms with Crippen molar-refractivity contribution >= 4 is 12.0 Å². The molecule has 0 aromatic heterocycles. The summed E-state index contributed by atoms with van der Waals surface area (Å²) in [5, 5.41) is 12.3. The number of nitrogens with zero attached hydrogens (tertiary/aromatic N) is 1. The summed E-state index contributed by atoms with van der Waals surface area (Å²) in [4.78, 5) is 25.3. The molecule has 2 atom stereocenters. The summed E-state index contributed by atoms with van der Waals surface area (Å²) in [6, 6.07) is 10.6. The van der Waals surface area contributed by atoms with Gasteiger partial charge in [0.05, 0.1) is 5.92 Å². The highest BCUT2D eigenvalue weighted by molar-refractivity contribution is 5.75. The molecule has 0 bridgehead atoms. The zero-order valence-electron chi connectivity index (χ0n) is 14.0. The Labute approximate surface area is 143 Å². The minimum absolute atomic E-state index is 0.0243. The topological polar surface area (TPSA) is 69.6 Å². The maximum Gasteiger partial charge on any atom is 0.317 e. The number of benzene rings is 1. The van der Waals surface area contributed by atoms with Gasteiger partial charge in [-0.05, 0) is 43.6 Å². The van der Waals surface area contributed by atoms with Gasteiger partial charge in [-0.15, -0.1) is 0 Å². The van der Waals surface area contributed by atoms with E-state index in [4.69, 9.17) is 5.11 Å². The van der Waals surface area contributed by atoms with Gasteiger partial charge in [0.15, 0.2) is 0 Å². The second-order valence-electron chi connectivity index (χ2n) is 7.04. The molecule has 3 rings (SSSR count). The molecule has 2 unspecified atom stereocenters. The van der Waals surface area contributed by atoms with Crippen LogP contribution in [0.2, 0.25) is 0 Å². The Balaban J connectivity index is 1.51. The SMILES string of the molecule is O=C(O)C1CCN(C(=O)NC2CCCC2Cc2ccccc2)CC1. The number of likely N-dealkylation sites (tertiary alicyclic amines) is 1. The van der Waals surface area contributed by atoms with Crippen LogP contribution in [0.4, 0.5) is 4.79 Å². The van der Waals surface area contributed by atoms with Crippen LogP contribution in [0.3, 0.4) is 0 Å². The van der Waals surface area contributed by atoms with Gasteiger partial charge in [-0.25, -0.2) is 4.79 Å². The molecule has 2 N–H and O–H groups in total. The molecule has 24 heavy (non-hydrogen) atoms. The standard InChI is InChI=1S/C19H26N2O3/c22-18(23)15-9-11-21(12-10-15)19(24)20-17-8-4-7-16(17)13-14-5-2-1-3-6-14/h1-3,5-6,15-17H,4,7-13H2,(H,20,24)(H,22,23). The summed E-state index contributed by atoms with van der Waals surface area (Å²) in [6.45, 7) is 1.08. The predicted molar refractivity (Wildman–Crippen MR) is 91.7 cm³/mol. The van der Waals surface area contributed by atoms with E-state index in [2.05, 4.69) is 29.6 Å². The molecule has 5 nitrogen and oxygen atoms in total. The minimum Gasteiger partial charge on any atom is -0.481 e. The fourth-order valence-electron chi connectivity index (χ4n) is 3.97. The van der Waals surface area contributed by atoms with Gasteiger partial charge in [-0.2, -0.15) is 0 Å². The van der Waals surface area contributed by atoms with Gasteiger partial charge in [0.2, 0.25) is 0 Å². The molecule has 1 heterocycles. The van der Waals surface area contributed by atoms with Crippen molar-refractivity contribution < 1.29 is 14.7 Å². The average molecular weight is 330 g/mol. The van der Waals surface area contributed by atoms with Crippen LogP contribution in [0, 0.1) is 11.8 Å². The van der Waals surface area contributed by atoms with Gasteiger partial charge in [-0.1, -0.05) is 36.8 Å². The highest BCUT2D eigenvalue weighted by atomic mass is 16.4. The molecule has 2 amide bonds. The molecule has 1 aromatic rings. The van der Waals surface area contributed by atoms with Crippen molar-refractivity contribution in [3.8, 4) is 0 Å². The number of hydrogen-bond acceptors (Lipinski definition) is 2. The molecule has 1 saturated heterocycles. The Kier molecular flexibility index (Phi) is 5.38. The second kappa shape index (κ2) is 7.69. The van der Waals surface area contributed by atoms with E-state index in [0.29, 0.717) is 31.8 Å².